The largest absolute Gasteiger partial charge is 0.507 e. The highest BCUT2D eigenvalue weighted by molar-refractivity contribution is 6.46. The zero-order chi connectivity index (χ0) is 25.2. The average Bonchev–Trinajstić information content (AvgIpc) is 3.02. The Morgan fingerprint density at radius 3 is 2.32 bits per heavy atom. The summed E-state index contributed by atoms with van der Waals surface area (Å²) in [5.41, 5.74) is 1.91. The number of hydrogen-bond donors (Lipinski definition) is 1. The fourth-order valence-electron chi connectivity index (χ4n) is 4.11. The Labute approximate surface area is 206 Å². The van der Waals surface area contributed by atoms with E-state index in [0.29, 0.717) is 35.8 Å². The van der Waals surface area contributed by atoms with Gasteiger partial charge < -0.3 is 19.6 Å². The van der Waals surface area contributed by atoms with Gasteiger partial charge in [-0.05, 0) is 62.3 Å². The molecule has 0 radical (unpaired) electrons. The second-order valence-electron chi connectivity index (χ2n) is 9.74. The molecule has 0 saturated carbocycles. The molecule has 1 saturated heterocycles. The smallest absolute Gasteiger partial charge is 0.295 e. The van der Waals surface area contributed by atoms with Crippen molar-refractivity contribution in [1.29, 1.82) is 0 Å². The highest BCUT2D eigenvalue weighted by Crippen LogP contribution is 2.41. The SMILES string of the molecule is CCOc1ccc(/C(O)=C2/C(=O)C(=O)N(CCN(C)C)C2c2ccc(Cl)cc2)cc1C(C)(C)C. The number of rotatable bonds is 7. The van der Waals surface area contributed by atoms with Crippen LogP contribution in [0.2, 0.25) is 5.02 Å². The van der Waals surface area contributed by atoms with Crippen molar-refractivity contribution in [2.45, 2.75) is 39.2 Å². The second-order valence-corrected chi connectivity index (χ2v) is 10.2. The van der Waals surface area contributed by atoms with Gasteiger partial charge in [0.15, 0.2) is 0 Å². The fraction of sp³-hybridized carbons (Fsp3) is 0.407. The summed E-state index contributed by atoms with van der Waals surface area (Å²) in [5, 5.41) is 12.0. The number of carbonyl (C=O) groups excluding carboxylic acids is 2. The Kier molecular flexibility index (Phi) is 7.74. The summed E-state index contributed by atoms with van der Waals surface area (Å²) < 4.78 is 5.79. The normalized spacial score (nSPS) is 18.1. The summed E-state index contributed by atoms with van der Waals surface area (Å²) in [6, 6.07) is 11.7. The van der Waals surface area contributed by atoms with Crippen molar-refractivity contribution in [3.8, 4) is 5.75 Å². The lowest BCUT2D eigenvalue weighted by Crippen LogP contribution is -2.35. The highest BCUT2D eigenvalue weighted by atomic mass is 35.5. The van der Waals surface area contributed by atoms with Gasteiger partial charge in [0.1, 0.15) is 11.5 Å². The Hall–Kier alpha value is -2.83. The molecule has 0 aromatic heterocycles. The number of likely N-dealkylation sites (tertiary alicyclic amines) is 1. The van der Waals surface area contributed by atoms with E-state index < -0.39 is 17.7 Å². The maximum atomic E-state index is 13.2. The zero-order valence-electron chi connectivity index (χ0n) is 20.7. The first-order valence-corrected chi connectivity index (χ1v) is 11.8. The van der Waals surface area contributed by atoms with Crippen LogP contribution in [-0.2, 0) is 15.0 Å². The number of aliphatic hydroxyl groups is 1. The van der Waals surface area contributed by atoms with Crippen molar-refractivity contribution < 1.29 is 19.4 Å². The number of hydrogen-bond acceptors (Lipinski definition) is 5. The molecule has 3 rings (SSSR count). The number of aliphatic hydroxyl groups excluding tert-OH is 1. The molecule has 7 heteroatoms. The Bertz CT molecular complexity index is 1100. The molecule has 1 heterocycles. The summed E-state index contributed by atoms with van der Waals surface area (Å²) in [6.45, 7) is 9.53. The quantitative estimate of drug-likeness (QED) is 0.339. The predicted molar refractivity (Wildman–Crippen MR) is 135 cm³/mol. The second kappa shape index (κ2) is 10.2. The van der Waals surface area contributed by atoms with E-state index in [4.69, 9.17) is 16.3 Å². The molecule has 182 valence electrons. The molecule has 0 aliphatic carbocycles. The van der Waals surface area contributed by atoms with Gasteiger partial charge in [-0.15, -0.1) is 0 Å². The summed E-state index contributed by atoms with van der Waals surface area (Å²) in [6.07, 6.45) is 0. The van der Waals surface area contributed by atoms with Gasteiger partial charge in [0.05, 0.1) is 18.2 Å². The van der Waals surface area contributed by atoms with Gasteiger partial charge in [-0.2, -0.15) is 0 Å². The first-order chi connectivity index (χ1) is 16.0. The lowest BCUT2D eigenvalue weighted by atomic mass is 9.84. The minimum atomic E-state index is -0.707. The topological polar surface area (TPSA) is 70.1 Å². The lowest BCUT2D eigenvalue weighted by Gasteiger charge is -2.27. The molecule has 0 spiro atoms. The van der Waals surface area contributed by atoms with Crippen LogP contribution in [0.3, 0.4) is 0 Å². The number of nitrogens with zero attached hydrogens (tertiary/aromatic N) is 2. The van der Waals surface area contributed by atoms with E-state index in [1.54, 1.807) is 36.4 Å². The number of ether oxygens (including phenoxy) is 1. The maximum Gasteiger partial charge on any atom is 0.295 e. The molecule has 1 atom stereocenters. The molecule has 0 bridgehead atoms. The van der Waals surface area contributed by atoms with Gasteiger partial charge in [0.25, 0.3) is 11.7 Å². The molecule has 2 aromatic carbocycles. The van der Waals surface area contributed by atoms with E-state index in [1.807, 2.05) is 32.0 Å². The number of benzene rings is 2. The van der Waals surface area contributed by atoms with Crippen LogP contribution in [0, 0.1) is 0 Å². The van der Waals surface area contributed by atoms with Crippen molar-refractivity contribution in [1.82, 2.24) is 9.80 Å². The predicted octanol–water partition coefficient (Wildman–Crippen LogP) is 5.02. The first kappa shape index (κ1) is 25.8. The van der Waals surface area contributed by atoms with E-state index >= 15 is 0 Å². The van der Waals surface area contributed by atoms with E-state index in [-0.39, 0.29) is 16.7 Å². The number of carbonyl (C=O) groups is 2. The maximum absolute atomic E-state index is 13.2. The Morgan fingerprint density at radius 1 is 1.12 bits per heavy atom. The standard InChI is InChI=1S/C27H33ClN2O4/c1-7-34-21-13-10-18(16-20(21)27(2,3)4)24(31)22-23(17-8-11-19(28)12-9-17)30(15-14-29(5)6)26(33)25(22)32/h8-13,16,23,31H,7,14-15H2,1-6H3/b24-22-. The Balaban J connectivity index is 2.19. The van der Waals surface area contributed by atoms with Crippen molar-refractivity contribution in [3.63, 3.8) is 0 Å². The molecule has 1 unspecified atom stereocenters. The molecule has 1 fully saturated rings. The summed E-state index contributed by atoms with van der Waals surface area (Å²) in [5.74, 6) is -0.779. The number of Topliss-reactive ketones (excluding diaryl/α,β-unsaturated/α-hetero) is 1. The van der Waals surface area contributed by atoms with Crippen LogP contribution < -0.4 is 4.74 Å². The van der Waals surface area contributed by atoms with Crippen molar-refractivity contribution in [2.75, 3.05) is 33.8 Å². The number of likely N-dealkylation sites (N-methyl/N-ethyl adjacent to an activating group) is 1. The van der Waals surface area contributed by atoms with Crippen LogP contribution in [0.15, 0.2) is 48.0 Å². The van der Waals surface area contributed by atoms with Gasteiger partial charge in [-0.25, -0.2) is 0 Å². The zero-order valence-corrected chi connectivity index (χ0v) is 21.4. The molecule has 1 N–H and O–H groups in total. The number of ketones is 1. The lowest BCUT2D eigenvalue weighted by molar-refractivity contribution is -0.140. The Morgan fingerprint density at radius 2 is 1.76 bits per heavy atom. The molecule has 2 aromatic rings. The third-order valence-corrected chi connectivity index (χ3v) is 6.13. The van der Waals surface area contributed by atoms with E-state index in [0.717, 1.165) is 11.3 Å². The van der Waals surface area contributed by atoms with Crippen molar-refractivity contribution in [3.05, 3.63) is 69.8 Å². The monoisotopic (exact) mass is 484 g/mol. The van der Waals surface area contributed by atoms with E-state index in [9.17, 15) is 14.7 Å². The molecule has 1 aliphatic heterocycles. The van der Waals surface area contributed by atoms with Gasteiger partial charge in [0, 0.05) is 29.2 Å². The van der Waals surface area contributed by atoms with Gasteiger partial charge in [-0.3, -0.25) is 9.59 Å². The van der Waals surface area contributed by atoms with Crippen LogP contribution in [0.25, 0.3) is 5.76 Å². The van der Waals surface area contributed by atoms with Crippen LogP contribution in [0.1, 0.15) is 50.4 Å². The third kappa shape index (κ3) is 5.29. The molecule has 1 aliphatic rings. The van der Waals surface area contributed by atoms with Gasteiger partial charge in [-0.1, -0.05) is 44.5 Å². The van der Waals surface area contributed by atoms with Gasteiger partial charge >= 0.3 is 0 Å². The minimum absolute atomic E-state index is 0.0788. The fourth-order valence-corrected chi connectivity index (χ4v) is 4.24. The highest BCUT2D eigenvalue weighted by Gasteiger charge is 2.46. The molecular weight excluding hydrogens is 452 g/mol. The summed E-state index contributed by atoms with van der Waals surface area (Å²) in [4.78, 5) is 29.7. The van der Waals surface area contributed by atoms with Crippen LogP contribution in [0.4, 0.5) is 0 Å². The van der Waals surface area contributed by atoms with E-state index in [1.165, 1.54) is 4.90 Å². The van der Waals surface area contributed by atoms with Crippen molar-refractivity contribution >= 4 is 29.1 Å². The average molecular weight is 485 g/mol. The van der Waals surface area contributed by atoms with Crippen LogP contribution in [0.5, 0.6) is 5.75 Å². The molecule has 34 heavy (non-hydrogen) atoms. The molecular formula is C27H33ClN2O4. The summed E-state index contributed by atoms with van der Waals surface area (Å²) in [7, 11) is 3.81. The van der Waals surface area contributed by atoms with Gasteiger partial charge in [0.2, 0.25) is 0 Å². The number of amides is 1. The van der Waals surface area contributed by atoms with Crippen LogP contribution in [-0.4, -0.2) is 60.4 Å². The first-order valence-electron chi connectivity index (χ1n) is 11.4. The number of halogens is 1. The summed E-state index contributed by atoms with van der Waals surface area (Å²) >= 11 is 6.08. The third-order valence-electron chi connectivity index (χ3n) is 5.87. The molecule has 6 nitrogen and oxygen atoms in total. The van der Waals surface area contributed by atoms with Crippen LogP contribution >= 0.6 is 11.6 Å². The minimum Gasteiger partial charge on any atom is -0.507 e. The molecule has 1 amide bonds. The van der Waals surface area contributed by atoms with E-state index in [2.05, 4.69) is 20.8 Å². The van der Waals surface area contributed by atoms with Crippen molar-refractivity contribution in [2.24, 2.45) is 0 Å².